The predicted molar refractivity (Wildman–Crippen MR) is 90.1 cm³/mol. The minimum absolute atomic E-state index is 0.437. The third kappa shape index (κ3) is 7.23. The molecular formula is C16H31N3O5. The van der Waals surface area contributed by atoms with E-state index in [-0.39, 0.29) is 0 Å². The summed E-state index contributed by atoms with van der Waals surface area (Å²) in [6, 6.07) is 1.39. The van der Waals surface area contributed by atoms with Crippen molar-refractivity contribution in [3.8, 4) is 0 Å². The van der Waals surface area contributed by atoms with Crippen LogP contribution in [0.5, 0.6) is 0 Å². The average molecular weight is 345 g/mol. The number of carboxylic acids is 1. The first-order chi connectivity index (χ1) is 11.3. The third-order valence-corrected chi connectivity index (χ3v) is 4.34. The lowest BCUT2D eigenvalue weighted by Gasteiger charge is -2.43. The number of carbonyl (C=O) groups excluding carboxylic acids is 1. The summed E-state index contributed by atoms with van der Waals surface area (Å²) >= 11 is 0. The molecule has 0 unspecified atom stereocenters. The second kappa shape index (κ2) is 10.7. The van der Waals surface area contributed by atoms with E-state index in [0.717, 1.165) is 45.7 Å². The second-order valence-electron chi connectivity index (χ2n) is 6.52. The number of rotatable bonds is 5. The maximum atomic E-state index is 10.8. The Hall–Kier alpha value is -1.06. The van der Waals surface area contributed by atoms with Gasteiger partial charge in [0.05, 0.1) is 19.8 Å². The first-order valence-corrected chi connectivity index (χ1v) is 8.48. The monoisotopic (exact) mass is 345 g/mol. The Labute approximate surface area is 143 Å². The van der Waals surface area contributed by atoms with Gasteiger partial charge in [-0.2, -0.15) is 0 Å². The molecule has 0 aromatic carbocycles. The Morgan fingerprint density at radius 2 is 2.08 bits per heavy atom. The van der Waals surface area contributed by atoms with Crippen LogP contribution in [0.2, 0.25) is 0 Å². The van der Waals surface area contributed by atoms with E-state index in [1.54, 1.807) is 0 Å². The minimum Gasteiger partial charge on any atom is -0.479 e. The number of aliphatic hydroxyl groups is 1. The Morgan fingerprint density at radius 1 is 1.42 bits per heavy atom. The van der Waals surface area contributed by atoms with E-state index in [1.807, 2.05) is 0 Å². The Kier molecular flexibility index (Phi) is 9.38. The Morgan fingerprint density at radius 3 is 2.62 bits per heavy atom. The highest BCUT2D eigenvalue weighted by molar-refractivity contribution is 5.71. The summed E-state index contributed by atoms with van der Waals surface area (Å²) in [5, 5.41) is 19.3. The maximum absolute atomic E-state index is 10.8. The van der Waals surface area contributed by atoms with Crippen molar-refractivity contribution in [1.82, 2.24) is 15.1 Å². The molecule has 24 heavy (non-hydrogen) atoms. The number of carboxylic acid groups (broad SMARTS) is 1. The van der Waals surface area contributed by atoms with Gasteiger partial charge in [-0.05, 0) is 20.8 Å². The van der Waals surface area contributed by atoms with Crippen LogP contribution in [0.3, 0.4) is 0 Å². The van der Waals surface area contributed by atoms with E-state index in [4.69, 9.17) is 14.9 Å². The molecule has 0 amide bonds. The zero-order valence-electron chi connectivity index (χ0n) is 14.9. The van der Waals surface area contributed by atoms with Gasteiger partial charge in [0, 0.05) is 44.3 Å². The standard InChI is InChI=1S/C13H25N3O2.C3H6O3/c1-11-8-16(3-5-17)13(7-14-11)9-15-4-6-18-10-12(15)2;1-2(4)3(5)6/h5,11-14H,3-4,6-10H2,1-2H3;2,4H,1H3,(H,5,6)/t11-,12-,13-;2-/m10/s1. The number of morpholine rings is 1. The molecule has 3 N–H and O–H groups in total. The van der Waals surface area contributed by atoms with E-state index in [1.165, 1.54) is 6.92 Å². The normalized spacial score (nSPS) is 30.1. The molecule has 0 aromatic heterocycles. The Bertz CT molecular complexity index is 394. The summed E-state index contributed by atoms with van der Waals surface area (Å²) in [7, 11) is 0. The van der Waals surface area contributed by atoms with Gasteiger partial charge in [0.15, 0.2) is 0 Å². The third-order valence-electron chi connectivity index (χ3n) is 4.34. The number of aliphatic hydroxyl groups excluding tert-OH is 1. The highest BCUT2D eigenvalue weighted by Gasteiger charge is 2.29. The lowest BCUT2D eigenvalue weighted by Crippen LogP contribution is -2.60. The molecular weight excluding hydrogens is 314 g/mol. The first kappa shape index (κ1) is 21.0. The van der Waals surface area contributed by atoms with Gasteiger partial charge in [0.2, 0.25) is 0 Å². The first-order valence-electron chi connectivity index (χ1n) is 8.48. The quantitative estimate of drug-likeness (QED) is 0.547. The fraction of sp³-hybridized carbons (Fsp3) is 0.875. The van der Waals surface area contributed by atoms with Gasteiger partial charge < -0.3 is 25.1 Å². The number of hydrogen-bond donors (Lipinski definition) is 3. The zero-order chi connectivity index (χ0) is 18.1. The lowest BCUT2D eigenvalue weighted by atomic mass is 10.1. The van der Waals surface area contributed by atoms with Crippen molar-refractivity contribution in [3.05, 3.63) is 0 Å². The molecule has 2 saturated heterocycles. The van der Waals surface area contributed by atoms with Crippen LogP contribution in [0.4, 0.5) is 0 Å². The van der Waals surface area contributed by atoms with Gasteiger partial charge in [0.1, 0.15) is 12.4 Å². The molecule has 8 heteroatoms. The van der Waals surface area contributed by atoms with E-state index in [0.29, 0.717) is 24.7 Å². The molecule has 2 heterocycles. The number of ether oxygens (including phenoxy) is 1. The second-order valence-corrected chi connectivity index (χ2v) is 6.52. The summed E-state index contributed by atoms with van der Waals surface area (Å²) in [5.74, 6) is -1.19. The van der Waals surface area contributed by atoms with Crippen LogP contribution in [-0.2, 0) is 14.3 Å². The van der Waals surface area contributed by atoms with E-state index < -0.39 is 12.1 Å². The van der Waals surface area contributed by atoms with Gasteiger partial charge in [-0.1, -0.05) is 0 Å². The topological polar surface area (TPSA) is 102 Å². The molecule has 0 bridgehead atoms. The van der Waals surface area contributed by atoms with Crippen LogP contribution in [-0.4, -0.2) is 102 Å². The van der Waals surface area contributed by atoms with Crippen molar-refractivity contribution in [3.63, 3.8) is 0 Å². The largest absolute Gasteiger partial charge is 0.479 e. The van der Waals surface area contributed by atoms with Crippen LogP contribution in [0.15, 0.2) is 0 Å². The lowest BCUT2D eigenvalue weighted by molar-refractivity contribution is -0.145. The van der Waals surface area contributed by atoms with Crippen molar-refractivity contribution in [2.75, 3.05) is 45.9 Å². The molecule has 2 aliphatic heterocycles. The molecule has 0 aliphatic carbocycles. The molecule has 4 atom stereocenters. The number of nitrogens with one attached hydrogen (secondary N) is 1. The van der Waals surface area contributed by atoms with Gasteiger partial charge in [-0.15, -0.1) is 0 Å². The van der Waals surface area contributed by atoms with E-state index in [2.05, 4.69) is 29.0 Å². The van der Waals surface area contributed by atoms with Crippen LogP contribution < -0.4 is 5.32 Å². The van der Waals surface area contributed by atoms with Crippen molar-refractivity contribution in [1.29, 1.82) is 0 Å². The van der Waals surface area contributed by atoms with Gasteiger partial charge in [-0.3, -0.25) is 9.80 Å². The number of piperazine rings is 1. The molecule has 2 fully saturated rings. The van der Waals surface area contributed by atoms with Crippen LogP contribution in [0.1, 0.15) is 20.8 Å². The fourth-order valence-corrected chi connectivity index (χ4v) is 2.83. The smallest absolute Gasteiger partial charge is 0.332 e. The zero-order valence-corrected chi connectivity index (χ0v) is 14.9. The molecule has 0 radical (unpaired) electrons. The van der Waals surface area contributed by atoms with E-state index >= 15 is 0 Å². The SMILES string of the molecule is C[C@@H]1CN(CC=O)[C@@H](CN2CCOC[C@H]2C)CN1.C[C@H](O)C(=O)O. The Balaban J connectivity index is 0.000000413. The molecule has 140 valence electrons. The van der Waals surface area contributed by atoms with Crippen LogP contribution >= 0.6 is 0 Å². The van der Waals surface area contributed by atoms with Crippen molar-refractivity contribution < 1.29 is 24.5 Å². The number of aldehydes is 1. The summed E-state index contributed by atoms with van der Waals surface area (Å²) < 4.78 is 5.47. The maximum Gasteiger partial charge on any atom is 0.332 e. The highest BCUT2D eigenvalue weighted by atomic mass is 16.5. The highest BCUT2D eigenvalue weighted by Crippen LogP contribution is 2.12. The summed E-state index contributed by atoms with van der Waals surface area (Å²) in [6.07, 6.45) is -0.210. The van der Waals surface area contributed by atoms with Gasteiger partial charge >= 0.3 is 5.97 Å². The molecule has 0 spiro atoms. The molecule has 2 rings (SSSR count). The van der Waals surface area contributed by atoms with Crippen LogP contribution in [0, 0.1) is 0 Å². The summed E-state index contributed by atoms with van der Waals surface area (Å²) in [5.41, 5.74) is 0. The van der Waals surface area contributed by atoms with E-state index in [9.17, 15) is 9.59 Å². The number of nitrogens with zero attached hydrogens (tertiary/aromatic N) is 2. The molecule has 0 saturated carbocycles. The van der Waals surface area contributed by atoms with Gasteiger partial charge in [-0.25, -0.2) is 4.79 Å². The fourth-order valence-electron chi connectivity index (χ4n) is 2.83. The predicted octanol–water partition coefficient (Wildman–Crippen LogP) is -0.980. The molecule has 0 aromatic rings. The number of carbonyl (C=O) groups is 2. The summed E-state index contributed by atoms with van der Waals surface area (Å²) in [6.45, 7) is 11.7. The van der Waals surface area contributed by atoms with Crippen molar-refractivity contribution >= 4 is 12.3 Å². The average Bonchev–Trinajstić information content (AvgIpc) is 2.53. The van der Waals surface area contributed by atoms with Crippen molar-refractivity contribution in [2.45, 2.75) is 45.0 Å². The molecule has 2 aliphatic rings. The van der Waals surface area contributed by atoms with Crippen molar-refractivity contribution in [2.24, 2.45) is 0 Å². The van der Waals surface area contributed by atoms with Gasteiger partial charge in [0.25, 0.3) is 0 Å². The number of hydrogen-bond acceptors (Lipinski definition) is 7. The molecule has 8 nitrogen and oxygen atoms in total. The minimum atomic E-state index is -1.23. The number of aliphatic carboxylic acids is 1. The summed E-state index contributed by atoms with van der Waals surface area (Å²) in [4.78, 5) is 25.0. The van der Waals surface area contributed by atoms with Crippen LogP contribution in [0.25, 0.3) is 0 Å².